The first kappa shape index (κ1) is 19.0. The standard InChI is InChI=1S/C10H16Cl3N7OS/c1-3-19(4-2)9(21)17-7(10(11,12)13)16-8(22)18-20-5-14-15-6-20/h5-7H,3-4H2,1-2H3,(H,17,21)(H2,16,18,22)/t7-/m0/s1. The smallest absolute Gasteiger partial charge is 0.319 e. The molecule has 1 aromatic rings. The van der Waals surface area contributed by atoms with E-state index in [-0.39, 0.29) is 11.1 Å². The Morgan fingerprint density at radius 1 is 1.27 bits per heavy atom. The lowest BCUT2D eigenvalue weighted by Gasteiger charge is -2.30. The highest BCUT2D eigenvalue weighted by molar-refractivity contribution is 7.80. The quantitative estimate of drug-likeness (QED) is 0.402. The fraction of sp³-hybridized carbons (Fsp3) is 0.600. The fourth-order valence-electron chi connectivity index (χ4n) is 1.46. The molecular formula is C10H16Cl3N7OS. The number of hydrogen-bond acceptors (Lipinski definition) is 4. The Morgan fingerprint density at radius 3 is 2.27 bits per heavy atom. The highest BCUT2D eigenvalue weighted by Gasteiger charge is 2.35. The van der Waals surface area contributed by atoms with Crippen LogP contribution in [0.2, 0.25) is 0 Å². The van der Waals surface area contributed by atoms with Gasteiger partial charge in [-0.25, -0.2) is 9.47 Å². The summed E-state index contributed by atoms with van der Waals surface area (Å²) in [5.41, 5.74) is 2.73. The summed E-state index contributed by atoms with van der Waals surface area (Å²) >= 11 is 22.7. The average molecular weight is 389 g/mol. The van der Waals surface area contributed by atoms with Gasteiger partial charge in [-0.15, -0.1) is 10.2 Å². The molecule has 3 N–H and O–H groups in total. The number of alkyl halides is 3. The first-order valence-electron chi connectivity index (χ1n) is 6.32. The van der Waals surface area contributed by atoms with Gasteiger partial charge in [0.1, 0.15) is 12.7 Å². The molecule has 1 rings (SSSR count). The maximum atomic E-state index is 12.1. The normalized spacial score (nSPS) is 12.4. The third-order valence-corrected chi connectivity index (χ3v) is 3.43. The van der Waals surface area contributed by atoms with Crippen LogP contribution in [0.15, 0.2) is 12.7 Å². The van der Waals surface area contributed by atoms with Gasteiger partial charge in [-0.3, -0.25) is 5.43 Å². The van der Waals surface area contributed by atoms with Crippen molar-refractivity contribution in [1.29, 1.82) is 0 Å². The van der Waals surface area contributed by atoms with Gasteiger partial charge in [0.15, 0.2) is 11.3 Å². The van der Waals surface area contributed by atoms with Crippen LogP contribution in [0, 0.1) is 0 Å². The van der Waals surface area contributed by atoms with Crippen molar-refractivity contribution in [3.05, 3.63) is 12.7 Å². The average Bonchev–Trinajstić information content (AvgIpc) is 2.91. The second-order valence-corrected chi connectivity index (χ2v) is 6.83. The van der Waals surface area contributed by atoms with Gasteiger partial charge in [0, 0.05) is 13.1 Å². The van der Waals surface area contributed by atoms with Crippen molar-refractivity contribution < 1.29 is 4.79 Å². The summed E-state index contributed by atoms with van der Waals surface area (Å²) < 4.78 is -0.404. The van der Waals surface area contributed by atoms with E-state index in [0.717, 1.165) is 0 Å². The minimum Gasteiger partial charge on any atom is -0.338 e. The largest absolute Gasteiger partial charge is 0.338 e. The summed E-state index contributed by atoms with van der Waals surface area (Å²) in [5, 5.41) is 12.6. The Balaban J connectivity index is 2.69. The molecule has 0 bridgehead atoms. The van der Waals surface area contributed by atoms with Crippen molar-refractivity contribution >= 4 is 58.2 Å². The number of nitrogens with one attached hydrogen (secondary N) is 3. The lowest BCUT2D eigenvalue weighted by Crippen LogP contribution is -2.59. The third-order valence-electron chi connectivity index (χ3n) is 2.57. The van der Waals surface area contributed by atoms with Crippen LogP contribution in [0.4, 0.5) is 4.79 Å². The molecule has 0 aromatic carbocycles. The zero-order chi connectivity index (χ0) is 16.8. The van der Waals surface area contributed by atoms with Crippen molar-refractivity contribution in [1.82, 2.24) is 30.4 Å². The summed E-state index contributed by atoms with van der Waals surface area (Å²) in [4.78, 5) is 13.6. The van der Waals surface area contributed by atoms with Gasteiger partial charge >= 0.3 is 6.03 Å². The molecule has 0 spiro atoms. The Labute approximate surface area is 148 Å². The number of thiocarbonyl (C=S) groups is 1. The molecule has 0 aliphatic heterocycles. The van der Waals surface area contributed by atoms with E-state index < -0.39 is 9.96 Å². The SMILES string of the molecule is CCN(CC)C(=O)N[C@H](NC(=S)Nn1cnnc1)C(Cl)(Cl)Cl. The Kier molecular flexibility index (Phi) is 7.40. The molecule has 0 radical (unpaired) electrons. The highest BCUT2D eigenvalue weighted by Crippen LogP contribution is 2.29. The van der Waals surface area contributed by atoms with Crippen molar-refractivity contribution in [2.75, 3.05) is 18.5 Å². The van der Waals surface area contributed by atoms with Crippen molar-refractivity contribution in [3.63, 3.8) is 0 Å². The predicted molar refractivity (Wildman–Crippen MR) is 90.6 cm³/mol. The van der Waals surface area contributed by atoms with Crippen molar-refractivity contribution in [3.8, 4) is 0 Å². The molecule has 22 heavy (non-hydrogen) atoms. The predicted octanol–water partition coefficient (Wildman–Crippen LogP) is 1.44. The number of hydrogen-bond donors (Lipinski definition) is 3. The molecule has 0 unspecified atom stereocenters. The lowest BCUT2D eigenvalue weighted by atomic mass is 10.5. The maximum Gasteiger partial charge on any atom is 0.319 e. The van der Waals surface area contributed by atoms with Gasteiger partial charge in [-0.2, -0.15) is 0 Å². The number of rotatable bonds is 5. The summed E-state index contributed by atoms with van der Waals surface area (Å²) in [6, 6.07) is -0.374. The van der Waals surface area contributed by atoms with Crippen molar-refractivity contribution in [2.24, 2.45) is 0 Å². The zero-order valence-corrected chi connectivity index (χ0v) is 15.0. The minimum absolute atomic E-state index is 0.121. The van der Waals surface area contributed by atoms with Crippen LogP contribution in [0.1, 0.15) is 13.8 Å². The Morgan fingerprint density at radius 2 is 1.82 bits per heavy atom. The van der Waals surface area contributed by atoms with Gasteiger partial charge < -0.3 is 15.5 Å². The van der Waals surface area contributed by atoms with Crippen LogP contribution < -0.4 is 16.1 Å². The molecule has 1 heterocycles. The molecule has 12 heteroatoms. The lowest BCUT2D eigenvalue weighted by molar-refractivity contribution is 0.198. The number of urea groups is 1. The molecule has 2 amide bonds. The molecule has 1 atom stereocenters. The molecule has 0 saturated heterocycles. The summed E-state index contributed by atoms with van der Waals surface area (Å²) in [5.74, 6) is 0. The Bertz CT molecular complexity index is 489. The van der Waals surface area contributed by atoms with E-state index in [4.69, 9.17) is 47.0 Å². The van der Waals surface area contributed by atoms with E-state index >= 15 is 0 Å². The number of nitrogens with zero attached hydrogens (tertiary/aromatic N) is 4. The maximum absolute atomic E-state index is 12.1. The van der Waals surface area contributed by atoms with E-state index in [1.54, 1.807) is 4.90 Å². The van der Waals surface area contributed by atoms with E-state index in [9.17, 15) is 4.79 Å². The van der Waals surface area contributed by atoms with Crippen LogP contribution in [-0.2, 0) is 0 Å². The van der Waals surface area contributed by atoms with E-state index in [0.29, 0.717) is 13.1 Å². The molecular weight excluding hydrogens is 373 g/mol. The van der Waals surface area contributed by atoms with Gasteiger partial charge in [0.25, 0.3) is 0 Å². The zero-order valence-electron chi connectivity index (χ0n) is 11.9. The van der Waals surface area contributed by atoms with Crippen LogP contribution in [0.3, 0.4) is 0 Å². The van der Waals surface area contributed by atoms with Crippen LogP contribution >= 0.6 is 47.0 Å². The molecule has 0 fully saturated rings. The van der Waals surface area contributed by atoms with E-state index in [2.05, 4.69) is 26.3 Å². The molecule has 8 nitrogen and oxygen atoms in total. The number of amides is 2. The first-order chi connectivity index (χ1) is 10.3. The molecule has 0 aliphatic carbocycles. The van der Waals surface area contributed by atoms with Gasteiger partial charge in [0.2, 0.25) is 3.79 Å². The number of halogens is 3. The molecule has 0 aliphatic rings. The van der Waals surface area contributed by atoms with Gasteiger partial charge in [-0.1, -0.05) is 34.8 Å². The number of carbonyl (C=O) groups is 1. The third kappa shape index (κ3) is 5.99. The Hall–Kier alpha value is -1.03. The van der Waals surface area contributed by atoms with Crippen LogP contribution in [0.5, 0.6) is 0 Å². The summed E-state index contributed by atoms with van der Waals surface area (Å²) in [7, 11) is 0. The summed E-state index contributed by atoms with van der Waals surface area (Å²) in [6.07, 6.45) is 1.77. The molecule has 124 valence electrons. The van der Waals surface area contributed by atoms with Crippen molar-refractivity contribution in [2.45, 2.75) is 23.8 Å². The second kappa shape index (κ2) is 8.56. The van der Waals surface area contributed by atoms with E-state index in [1.807, 2.05) is 13.8 Å². The number of carbonyl (C=O) groups excluding carboxylic acids is 1. The topological polar surface area (TPSA) is 87.1 Å². The fourth-order valence-corrected chi connectivity index (χ4v) is 2.01. The van der Waals surface area contributed by atoms with E-state index in [1.165, 1.54) is 17.3 Å². The van der Waals surface area contributed by atoms with Gasteiger partial charge in [0.05, 0.1) is 0 Å². The van der Waals surface area contributed by atoms with Crippen LogP contribution in [0.25, 0.3) is 0 Å². The molecule has 1 aromatic heterocycles. The highest BCUT2D eigenvalue weighted by atomic mass is 35.6. The van der Waals surface area contributed by atoms with Crippen LogP contribution in [-0.4, -0.2) is 54.0 Å². The van der Waals surface area contributed by atoms with Gasteiger partial charge in [-0.05, 0) is 26.1 Å². The first-order valence-corrected chi connectivity index (χ1v) is 7.86. The minimum atomic E-state index is -1.80. The monoisotopic (exact) mass is 387 g/mol. The molecule has 0 saturated carbocycles. The second-order valence-electron chi connectivity index (χ2n) is 4.05. The number of aromatic nitrogens is 3. The summed E-state index contributed by atoms with van der Waals surface area (Å²) in [6.45, 7) is 4.74.